The third-order valence-corrected chi connectivity index (χ3v) is 7.74. The molecule has 3 N–H and O–H groups in total. The van der Waals surface area contributed by atoms with Gasteiger partial charge >= 0.3 is 0 Å². The van der Waals surface area contributed by atoms with Crippen LogP contribution in [0.1, 0.15) is 12.8 Å². The Kier molecular flexibility index (Phi) is 4.38. The summed E-state index contributed by atoms with van der Waals surface area (Å²) < 4.78 is 54.2. The molecule has 2 aliphatic heterocycles. The summed E-state index contributed by atoms with van der Waals surface area (Å²) in [6.07, 6.45) is -0.453. The predicted octanol–water partition coefficient (Wildman–Crippen LogP) is -1.47. The lowest BCUT2D eigenvalue weighted by atomic mass is 10.2. The monoisotopic (exact) mass is 325 g/mol. The minimum absolute atomic E-state index is 0.0287. The van der Waals surface area contributed by atoms with Crippen LogP contribution in [0.2, 0.25) is 0 Å². The van der Waals surface area contributed by atoms with Crippen LogP contribution in [0.25, 0.3) is 0 Å². The van der Waals surface area contributed by atoms with Gasteiger partial charge in [0.2, 0.25) is 10.0 Å². The molecule has 2 rings (SSSR count). The van der Waals surface area contributed by atoms with Crippen molar-refractivity contribution in [2.45, 2.75) is 24.2 Å². The molecule has 1 atom stereocenters. The van der Waals surface area contributed by atoms with Crippen molar-refractivity contribution in [3.05, 3.63) is 0 Å². The zero-order chi connectivity index (χ0) is 15.0. The summed E-state index contributed by atoms with van der Waals surface area (Å²) in [7, 11) is -6.66. The molecule has 0 aromatic carbocycles. The first-order valence-corrected chi connectivity index (χ1v) is 9.70. The molecule has 20 heavy (non-hydrogen) atoms. The van der Waals surface area contributed by atoms with E-state index in [1.807, 2.05) is 0 Å². The van der Waals surface area contributed by atoms with Crippen LogP contribution in [0.15, 0.2) is 0 Å². The molecule has 2 saturated heterocycles. The quantitative estimate of drug-likeness (QED) is 0.481. The maximum absolute atomic E-state index is 12.5. The highest BCUT2D eigenvalue weighted by Crippen LogP contribution is 2.24. The summed E-state index contributed by atoms with van der Waals surface area (Å²) in [6.45, 7) is 0.435. The number of rotatable bonds is 3. The summed E-state index contributed by atoms with van der Waals surface area (Å²) in [5.74, 6) is -0.370. The molecule has 0 spiro atoms. The number of sulfone groups is 1. The van der Waals surface area contributed by atoms with E-state index in [-0.39, 0.29) is 49.9 Å². The highest BCUT2D eigenvalue weighted by atomic mass is 32.2. The van der Waals surface area contributed by atoms with Crippen molar-refractivity contribution in [3.8, 4) is 0 Å². The van der Waals surface area contributed by atoms with E-state index in [1.165, 1.54) is 4.31 Å². The second kappa shape index (κ2) is 5.58. The average molecular weight is 325 g/mol. The van der Waals surface area contributed by atoms with Crippen LogP contribution in [0.4, 0.5) is 0 Å². The fourth-order valence-corrected chi connectivity index (χ4v) is 6.14. The zero-order valence-corrected chi connectivity index (χ0v) is 12.6. The van der Waals surface area contributed by atoms with Crippen LogP contribution >= 0.6 is 0 Å². The Balaban J connectivity index is 2.08. The Morgan fingerprint density at radius 2 is 1.90 bits per heavy atom. The minimum Gasteiger partial charge on any atom is -0.385 e. The maximum atomic E-state index is 12.5. The summed E-state index contributed by atoms with van der Waals surface area (Å²) >= 11 is 0. The maximum Gasteiger partial charge on any atom is 0.217 e. The van der Waals surface area contributed by atoms with E-state index in [4.69, 9.17) is 15.9 Å². The molecule has 1 unspecified atom stereocenters. The Morgan fingerprint density at radius 1 is 1.30 bits per heavy atom. The predicted molar refractivity (Wildman–Crippen MR) is 73.8 cm³/mol. The largest absolute Gasteiger partial charge is 0.385 e. The average Bonchev–Trinajstić information content (AvgIpc) is 2.38. The van der Waals surface area contributed by atoms with E-state index in [2.05, 4.69) is 0 Å². The van der Waals surface area contributed by atoms with E-state index in [9.17, 15) is 16.8 Å². The summed E-state index contributed by atoms with van der Waals surface area (Å²) in [5.41, 5.74) is 5.34. The first kappa shape index (κ1) is 15.7. The topological polar surface area (TPSA) is 131 Å². The Morgan fingerprint density at radius 3 is 2.45 bits per heavy atom. The van der Waals surface area contributed by atoms with Crippen LogP contribution in [-0.4, -0.2) is 69.5 Å². The lowest BCUT2D eigenvalue weighted by Crippen LogP contribution is -2.53. The highest BCUT2D eigenvalue weighted by molar-refractivity contribution is 7.92. The fraction of sp³-hybridized carbons (Fsp3) is 0.900. The van der Waals surface area contributed by atoms with E-state index in [0.29, 0.717) is 0 Å². The van der Waals surface area contributed by atoms with Gasteiger partial charge in [0.25, 0.3) is 0 Å². The van der Waals surface area contributed by atoms with Crippen molar-refractivity contribution in [1.29, 1.82) is 5.41 Å². The third kappa shape index (κ3) is 3.30. The minimum atomic E-state index is -3.57. The van der Waals surface area contributed by atoms with Gasteiger partial charge in [0.05, 0.1) is 23.4 Å². The Labute approximate surface area is 118 Å². The van der Waals surface area contributed by atoms with Gasteiger partial charge in [0.1, 0.15) is 21.8 Å². The van der Waals surface area contributed by atoms with Crippen molar-refractivity contribution in [2.24, 2.45) is 5.73 Å². The Hall–Kier alpha value is -0.710. The van der Waals surface area contributed by atoms with Gasteiger partial charge in [-0.3, -0.25) is 5.41 Å². The third-order valence-electron chi connectivity index (χ3n) is 3.66. The molecule has 0 radical (unpaired) electrons. The standard InChI is InChI=1S/C10H19N3O5S2/c11-10(12)9-7-13(3-4-18-9)20(16,17)8-1-5-19(14,15)6-2-8/h8-9H,1-7H2,(H3,11,12). The number of sulfonamides is 1. The van der Waals surface area contributed by atoms with Crippen molar-refractivity contribution in [2.75, 3.05) is 31.2 Å². The van der Waals surface area contributed by atoms with Gasteiger partial charge in [-0.1, -0.05) is 0 Å². The number of nitrogens with one attached hydrogen (secondary N) is 1. The van der Waals surface area contributed by atoms with E-state index >= 15 is 0 Å². The fourth-order valence-electron chi connectivity index (χ4n) is 2.42. The molecule has 2 fully saturated rings. The SMILES string of the molecule is N=C(N)C1CN(S(=O)(=O)C2CCS(=O)(=O)CC2)CCO1. The number of morpholine rings is 1. The molecule has 10 heteroatoms. The number of hydrogen-bond acceptors (Lipinski definition) is 6. The van der Waals surface area contributed by atoms with Gasteiger partial charge in [0, 0.05) is 13.1 Å². The number of nitrogens with two attached hydrogens (primary N) is 1. The van der Waals surface area contributed by atoms with Gasteiger partial charge in [-0.15, -0.1) is 0 Å². The first-order valence-electron chi connectivity index (χ1n) is 6.37. The van der Waals surface area contributed by atoms with Crippen molar-refractivity contribution in [3.63, 3.8) is 0 Å². The zero-order valence-electron chi connectivity index (χ0n) is 11.0. The molecule has 0 bridgehead atoms. The summed E-state index contributed by atoms with van der Waals surface area (Å²) in [5, 5.41) is 6.66. The van der Waals surface area contributed by atoms with Gasteiger partial charge in [-0.2, -0.15) is 4.31 Å². The van der Waals surface area contributed by atoms with Crippen LogP contribution in [0, 0.1) is 5.41 Å². The molecule has 2 heterocycles. The normalized spacial score (nSPS) is 29.1. The molecule has 0 amide bonds. The molecule has 116 valence electrons. The highest BCUT2D eigenvalue weighted by Gasteiger charge is 2.39. The molecule has 2 aliphatic rings. The lowest BCUT2D eigenvalue weighted by molar-refractivity contribution is 0.0364. The van der Waals surface area contributed by atoms with E-state index < -0.39 is 31.2 Å². The van der Waals surface area contributed by atoms with Gasteiger partial charge in [-0.25, -0.2) is 16.8 Å². The second-order valence-corrected chi connectivity index (χ2v) is 9.59. The molecule has 0 aromatic heterocycles. The second-order valence-electron chi connectivity index (χ2n) is 5.07. The summed E-state index contributed by atoms with van der Waals surface area (Å²) in [4.78, 5) is 0. The molecule has 8 nitrogen and oxygen atoms in total. The van der Waals surface area contributed by atoms with Gasteiger partial charge in [-0.05, 0) is 12.8 Å². The van der Waals surface area contributed by atoms with Crippen LogP contribution in [0.3, 0.4) is 0 Å². The van der Waals surface area contributed by atoms with E-state index in [0.717, 1.165) is 0 Å². The smallest absolute Gasteiger partial charge is 0.217 e. The van der Waals surface area contributed by atoms with E-state index in [1.54, 1.807) is 0 Å². The van der Waals surface area contributed by atoms with Crippen molar-refractivity contribution >= 4 is 25.7 Å². The number of ether oxygens (including phenoxy) is 1. The van der Waals surface area contributed by atoms with Crippen molar-refractivity contribution < 1.29 is 21.6 Å². The first-order chi connectivity index (χ1) is 9.22. The molecule has 0 saturated carbocycles. The molecule has 0 aliphatic carbocycles. The van der Waals surface area contributed by atoms with Gasteiger partial charge in [0.15, 0.2) is 0 Å². The number of nitrogens with zero attached hydrogens (tertiary/aromatic N) is 1. The molecular weight excluding hydrogens is 306 g/mol. The molecule has 0 aromatic rings. The summed E-state index contributed by atoms with van der Waals surface area (Å²) in [6, 6.07) is 0. The van der Waals surface area contributed by atoms with Crippen LogP contribution in [0.5, 0.6) is 0 Å². The van der Waals surface area contributed by atoms with Crippen molar-refractivity contribution in [1.82, 2.24) is 4.31 Å². The number of amidine groups is 1. The van der Waals surface area contributed by atoms with Gasteiger partial charge < -0.3 is 10.5 Å². The van der Waals surface area contributed by atoms with Crippen LogP contribution < -0.4 is 5.73 Å². The Bertz CT molecular complexity index is 572. The molecular formula is C10H19N3O5S2. The van der Waals surface area contributed by atoms with Crippen LogP contribution in [-0.2, 0) is 24.6 Å². The lowest BCUT2D eigenvalue weighted by Gasteiger charge is -2.34. The number of hydrogen-bond donors (Lipinski definition) is 2.